The molecule has 0 saturated carbocycles. The monoisotopic (exact) mass is 217 g/mol. The molecule has 0 aliphatic rings. The first-order valence-electron chi connectivity index (χ1n) is 5.80. The van der Waals surface area contributed by atoms with Gasteiger partial charge in [0.2, 0.25) is 0 Å². The first-order valence-corrected chi connectivity index (χ1v) is 5.80. The van der Waals surface area contributed by atoms with Crippen LogP contribution in [0.4, 0.5) is 0 Å². The van der Waals surface area contributed by atoms with Gasteiger partial charge in [-0.1, -0.05) is 13.8 Å². The molecule has 0 rings (SSSR count). The van der Waals surface area contributed by atoms with Crippen LogP contribution in [0.15, 0.2) is 0 Å². The van der Waals surface area contributed by atoms with Gasteiger partial charge in [0.15, 0.2) is 0 Å². The number of hydrogen-bond donors (Lipinski definition) is 2. The van der Waals surface area contributed by atoms with Crippen LogP contribution in [0.5, 0.6) is 0 Å². The predicted molar refractivity (Wildman–Crippen MR) is 64.1 cm³/mol. The minimum atomic E-state index is -0.0283. The van der Waals surface area contributed by atoms with Crippen molar-refractivity contribution in [3.05, 3.63) is 0 Å². The number of nitrogens with one attached hydrogen (secondary N) is 1. The third-order valence-electron chi connectivity index (χ3n) is 3.28. The standard InChI is InChI=1S/C12H27NO2/c1-6-12(7-2,9-14)8-13-11(3,4)10-15-5/h13-14H,6-10H2,1-5H3. The summed E-state index contributed by atoms with van der Waals surface area (Å²) in [6, 6.07) is 0. The Kier molecular flexibility index (Phi) is 6.41. The Morgan fingerprint density at radius 3 is 2.07 bits per heavy atom. The quantitative estimate of drug-likeness (QED) is 0.651. The van der Waals surface area contributed by atoms with Gasteiger partial charge < -0.3 is 15.2 Å². The molecule has 0 bridgehead atoms. The van der Waals surface area contributed by atoms with Crippen molar-refractivity contribution in [1.82, 2.24) is 5.32 Å². The number of aliphatic hydroxyl groups is 1. The fourth-order valence-corrected chi connectivity index (χ4v) is 1.62. The van der Waals surface area contributed by atoms with Gasteiger partial charge in [-0.3, -0.25) is 0 Å². The first-order chi connectivity index (χ1) is 6.95. The zero-order valence-electron chi connectivity index (χ0n) is 10.9. The predicted octanol–water partition coefficient (Wildman–Crippen LogP) is 1.80. The van der Waals surface area contributed by atoms with Crippen LogP contribution < -0.4 is 5.32 Å². The van der Waals surface area contributed by atoms with E-state index in [1.807, 2.05) is 0 Å². The van der Waals surface area contributed by atoms with E-state index >= 15 is 0 Å². The minimum Gasteiger partial charge on any atom is -0.396 e. The molecule has 0 amide bonds. The lowest BCUT2D eigenvalue weighted by molar-refractivity contribution is 0.0817. The SMILES string of the molecule is CCC(CC)(CO)CNC(C)(C)COC. The topological polar surface area (TPSA) is 41.5 Å². The van der Waals surface area contributed by atoms with Crippen LogP contribution in [-0.4, -0.2) is 37.5 Å². The van der Waals surface area contributed by atoms with E-state index in [4.69, 9.17) is 4.74 Å². The van der Waals surface area contributed by atoms with E-state index in [1.54, 1.807) is 7.11 Å². The van der Waals surface area contributed by atoms with Crippen LogP contribution in [-0.2, 0) is 4.74 Å². The highest BCUT2D eigenvalue weighted by Crippen LogP contribution is 2.25. The molecule has 0 aromatic heterocycles. The van der Waals surface area contributed by atoms with Gasteiger partial charge in [-0.15, -0.1) is 0 Å². The second-order valence-corrected chi connectivity index (χ2v) is 5.04. The molecule has 3 heteroatoms. The molecule has 0 unspecified atom stereocenters. The lowest BCUT2D eigenvalue weighted by Gasteiger charge is -2.35. The Balaban J connectivity index is 4.20. The second-order valence-electron chi connectivity index (χ2n) is 5.04. The molecule has 0 aromatic carbocycles. The maximum Gasteiger partial charge on any atom is 0.0639 e. The zero-order valence-corrected chi connectivity index (χ0v) is 10.9. The summed E-state index contributed by atoms with van der Waals surface area (Å²) in [5.41, 5.74) is -0.00940. The highest BCUT2D eigenvalue weighted by molar-refractivity contribution is 4.84. The van der Waals surface area contributed by atoms with E-state index in [2.05, 4.69) is 33.0 Å². The normalized spacial score (nSPS) is 13.2. The van der Waals surface area contributed by atoms with E-state index in [0.717, 1.165) is 19.4 Å². The van der Waals surface area contributed by atoms with Gasteiger partial charge in [0.25, 0.3) is 0 Å². The summed E-state index contributed by atoms with van der Waals surface area (Å²) in [7, 11) is 1.71. The fourth-order valence-electron chi connectivity index (χ4n) is 1.62. The average molecular weight is 217 g/mol. The largest absolute Gasteiger partial charge is 0.396 e. The third-order valence-corrected chi connectivity index (χ3v) is 3.28. The third kappa shape index (κ3) is 4.96. The summed E-state index contributed by atoms with van der Waals surface area (Å²) in [4.78, 5) is 0. The van der Waals surface area contributed by atoms with Crippen LogP contribution in [0.3, 0.4) is 0 Å². The van der Waals surface area contributed by atoms with E-state index in [9.17, 15) is 5.11 Å². The number of methoxy groups -OCH3 is 1. The summed E-state index contributed by atoms with van der Waals surface area (Å²) in [5.74, 6) is 0. The number of ether oxygens (including phenoxy) is 1. The molecule has 92 valence electrons. The molecule has 0 radical (unpaired) electrons. The summed E-state index contributed by atoms with van der Waals surface area (Å²) in [6.45, 7) is 10.3. The van der Waals surface area contributed by atoms with Gasteiger partial charge in [-0.2, -0.15) is 0 Å². The molecule has 0 aliphatic heterocycles. The molecular formula is C12H27NO2. The maximum atomic E-state index is 9.43. The Hall–Kier alpha value is -0.120. The van der Waals surface area contributed by atoms with Gasteiger partial charge in [0.1, 0.15) is 0 Å². The molecule has 0 aliphatic carbocycles. The molecule has 0 saturated heterocycles. The highest BCUT2D eigenvalue weighted by Gasteiger charge is 2.28. The van der Waals surface area contributed by atoms with Crippen molar-refractivity contribution in [3.63, 3.8) is 0 Å². The highest BCUT2D eigenvalue weighted by atomic mass is 16.5. The van der Waals surface area contributed by atoms with Crippen molar-refractivity contribution in [2.45, 2.75) is 46.1 Å². The molecule has 0 spiro atoms. The van der Waals surface area contributed by atoms with Gasteiger partial charge in [0.05, 0.1) is 6.61 Å². The van der Waals surface area contributed by atoms with E-state index in [1.165, 1.54) is 0 Å². The lowest BCUT2D eigenvalue weighted by atomic mass is 9.82. The fraction of sp³-hybridized carbons (Fsp3) is 1.00. The van der Waals surface area contributed by atoms with E-state index in [0.29, 0.717) is 6.61 Å². The summed E-state index contributed by atoms with van der Waals surface area (Å²) in [5, 5.41) is 12.9. The molecule has 0 heterocycles. The van der Waals surface area contributed by atoms with Crippen LogP contribution in [0.1, 0.15) is 40.5 Å². The Morgan fingerprint density at radius 2 is 1.73 bits per heavy atom. The smallest absolute Gasteiger partial charge is 0.0639 e. The number of rotatable bonds is 8. The van der Waals surface area contributed by atoms with Gasteiger partial charge >= 0.3 is 0 Å². The number of aliphatic hydroxyl groups excluding tert-OH is 1. The van der Waals surface area contributed by atoms with Crippen LogP contribution in [0.2, 0.25) is 0 Å². The summed E-state index contributed by atoms with van der Waals surface area (Å²) in [6.07, 6.45) is 1.99. The van der Waals surface area contributed by atoms with E-state index < -0.39 is 0 Å². The van der Waals surface area contributed by atoms with Crippen molar-refractivity contribution in [3.8, 4) is 0 Å². The molecule has 0 aromatic rings. The molecule has 3 nitrogen and oxygen atoms in total. The van der Waals surface area contributed by atoms with Crippen LogP contribution in [0, 0.1) is 5.41 Å². The summed E-state index contributed by atoms with van der Waals surface area (Å²) < 4.78 is 5.15. The minimum absolute atomic E-state index is 0.0189. The molecule has 15 heavy (non-hydrogen) atoms. The molecular weight excluding hydrogens is 190 g/mol. The second kappa shape index (κ2) is 6.46. The molecule has 2 N–H and O–H groups in total. The van der Waals surface area contributed by atoms with Crippen molar-refractivity contribution >= 4 is 0 Å². The van der Waals surface area contributed by atoms with Crippen molar-refractivity contribution < 1.29 is 9.84 Å². The molecule has 0 atom stereocenters. The van der Waals surface area contributed by atoms with Gasteiger partial charge in [0, 0.05) is 31.2 Å². The Bertz CT molecular complexity index is 157. The van der Waals surface area contributed by atoms with Crippen molar-refractivity contribution in [2.75, 3.05) is 26.9 Å². The maximum absolute atomic E-state index is 9.43. The Labute approximate surface area is 94.2 Å². The number of hydrogen-bond acceptors (Lipinski definition) is 3. The van der Waals surface area contributed by atoms with Gasteiger partial charge in [-0.25, -0.2) is 0 Å². The lowest BCUT2D eigenvalue weighted by Crippen LogP contribution is -2.49. The van der Waals surface area contributed by atoms with E-state index in [-0.39, 0.29) is 17.6 Å². The van der Waals surface area contributed by atoms with Crippen molar-refractivity contribution in [1.29, 1.82) is 0 Å². The zero-order chi connectivity index (χ0) is 11.9. The first kappa shape index (κ1) is 14.9. The summed E-state index contributed by atoms with van der Waals surface area (Å²) >= 11 is 0. The Morgan fingerprint density at radius 1 is 1.20 bits per heavy atom. The van der Waals surface area contributed by atoms with Gasteiger partial charge in [-0.05, 0) is 26.7 Å². The molecule has 0 fully saturated rings. The van der Waals surface area contributed by atoms with Crippen LogP contribution >= 0.6 is 0 Å². The average Bonchev–Trinajstić information content (AvgIpc) is 2.21. The van der Waals surface area contributed by atoms with Crippen molar-refractivity contribution in [2.24, 2.45) is 5.41 Å². The van der Waals surface area contributed by atoms with Crippen LogP contribution in [0.25, 0.3) is 0 Å².